The lowest BCUT2D eigenvalue weighted by Gasteiger charge is -2.34. The minimum absolute atomic E-state index is 0.0769. The molecule has 2 aromatic carbocycles. The van der Waals surface area contributed by atoms with E-state index in [-0.39, 0.29) is 35.4 Å². The monoisotopic (exact) mass is 444 g/mol. The lowest BCUT2D eigenvalue weighted by atomic mass is 9.94. The van der Waals surface area contributed by atoms with Crippen molar-refractivity contribution in [1.29, 1.82) is 0 Å². The Hall–Kier alpha value is -2.71. The van der Waals surface area contributed by atoms with Crippen molar-refractivity contribution < 1.29 is 22.7 Å². The molecular formula is C23H28N2O5S. The number of amides is 1. The predicted molar refractivity (Wildman–Crippen MR) is 117 cm³/mol. The Morgan fingerprint density at radius 3 is 2.39 bits per heavy atom. The summed E-state index contributed by atoms with van der Waals surface area (Å²) in [6.45, 7) is 4.84. The number of esters is 1. The molecule has 0 spiro atoms. The van der Waals surface area contributed by atoms with Gasteiger partial charge >= 0.3 is 5.97 Å². The number of nitrogens with one attached hydrogen (secondary N) is 1. The van der Waals surface area contributed by atoms with Crippen LogP contribution in [0.15, 0.2) is 59.5 Å². The highest BCUT2D eigenvalue weighted by atomic mass is 32.2. The molecular weight excluding hydrogens is 416 g/mol. The fourth-order valence-electron chi connectivity index (χ4n) is 3.79. The van der Waals surface area contributed by atoms with Gasteiger partial charge in [-0.1, -0.05) is 50.2 Å². The van der Waals surface area contributed by atoms with Crippen molar-refractivity contribution in [1.82, 2.24) is 9.62 Å². The molecule has 0 aliphatic carbocycles. The predicted octanol–water partition coefficient (Wildman–Crippen LogP) is 2.83. The summed E-state index contributed by atoms with van der Waals surface area (Å²) in [5.74, 6) is -0.537. The molecule has 2 atom stereocenters. The van der Waals surface area contributed by atoms with Crippen molar-refractivity contribution >= 4 is 21.9 Å². The van der Waals surface area contributed by atoms with Gasteiger partial charge in [0.25, 0.3) is 5.91 Å². The first kappa shape index (κ1) is 23.0. The van der Waals surface area contributed by atoms with Crippen molar-refractivity contribution in [3.63, 3.8) is 0 Å². The zero-order valence-corrected chi connectivity index (χ0v) is 18.6. The van der Waals surface area contributed by atoms with Gasteiger partial charge in [0, 0.05) is 18.7 Å². The molecule has 166 valence electrons. The van der Waals surface area contributed by atoms with Crippen LogP contribution >= 0.6 is 0 Å². The van der Waals surface area contributed by atoms with Crippen LogP contribution in [0.2, 0.25) is 0 Å². The van der Waals surface area contributed by atoms with Crippen LogP contribution in [0.3, 0.4) is 0 Å². The molecule has 0 aromatic heterocycles. The molecule has 1 aliphatic rings. The minimum atomic E-state index is -3.69. The van der Waals surface area contributed by atoms with E-state index in [1.807, 2.05) is 44.2 Å². The number of rotatable bonds is 7. The highest BCUT2D eigenvalue weighted by Gasteiger charge is 2.32. The standard InChI is InChI=1S/C23H28N2O5S/c1-17-11-18(2)15-25(14-17)31(28,29)21-10-6-9-20(12-21)23(27)24-13-22(26)30-16-19-7-4-3-5-8-19/h3-10,12,17-18H,11,13-16H2,1-2H3,(H,24,27). The van der Waals surface area contributed by atoms with Gasteiger partial charge in [-0.3, -0.25) is 9.59 Å². The Kier molecular flexibility index (Phi) is 7.46. The van der Waals surface area contributed by atoms with Crippen LogP contribution in [0.5, 0.6) is 0 Å². The highest BCUT2D eigenvalue weighted by Crippen LogP contribution is 2.27. The lowest BCUT2D eigenvalue weighted by molar-refractivity contribution is -0.143. The van der Waals surface area contributed by atoms with Crippen molar-refractivity contribution in [2.24, 2.45) is 11.8 Å². The number of carbonyl (C=O) groups excluding carboxylic acids is 2. The summed E-state index contributed by atoms with van der Waals surface area (Å²) in [4.78, 5) is 24.4. The molecule has 0 radical (unpaired) electrons. The molecule has 1 N–H and O–H groups in total. The number of carbonyl (C=O) groups is 2. The smallest absolute Gasteiger partial charge is 0.325 e. The van der Waals surface area contributed by atoms with Gasteiger partial charge in [0.15, 0.2) is 0 Å². The molecule has 1 saturated heterocycles. The summed E-state index contributed by atoms with van der Waals surface area (Å²) in [6, 6.07) is 15.1. The lowest BCUT2D eigenvalue weighted by Crippen LogP contribution is -2.42. The number of hydrogen-bond acceptors (Lipinski definition) is 5. The Balaban J connectivity index is 1.60. The fraction of sp³-hybridized carbons (Fsp3) is 0.391. The molecule has 31 heavy (non-hydrogen) atoms. The normalized spacial score (nSPS) is 19.5. The van der Waals surface area contributed by atoms with Crippen molar-refractivity contribution in [3.8, 4) is 0 Å². The molecule has 3 rings (SSSR count). The largest absolute Gasteiger partial charge is 0.460 e. The quantitative estimate of drug-likeness (QED) is 0.663. The van der Waals surface area contributed by atoms with Crippen molar-refractivity contribution in [2.45, 2.75) is 31.8 Å². The zero-order chi connectivity index (χ0) is 22.4. The second kappa shape index (κ2) is 10.1. The van der Waals surface area contributed by atoms with E-state index in [0.29, 0.717) is 13.1 Å². The van der Waals surface area contributed by atoms with Crippen molar-refractivity contribution in [2.75, 3.05) is 19.6 Å². The van der Waals surface area contributed by atoms with E-state index in [2.05, 4.69) is 5.32 Å². The minimum Gasteiger partial charge on any atom is -0.460 e. The zero-order valence-electron chi connectivity index (χ0n) is 17.8. The molecule has 1 aliphatic heterocycles. The average Bonchev–Trinajstić information content (AvgIpc) is 2.76. The van der Waals surface area contributed by atoms with Gasteiger partial charge in [0.05, 0.1) is 4.90 Å². The van der Waals surface area contributed by atoms with E-state index < -0.39 is 21.9 Å². The summed E-state index contributed by atoms with van der Waals surface area (Å²) < 4.78 is 32.7. The fourth-order valence-corrected chi connectivity index (χ4v) is 5.52. The van der Waals surface area contributed by atoms with Crippen LogP contribution < -0.4 is 5.32 Å². The Morgan fingerprint density at radius 1 is 1.03 bits per heavy atom. The maximum Gasteiger partial charge on any atom is 0.325 e. The maximum absolute atomic E-state index is 13.1. The molecule has 2 aromatic rings. The van der Waals surface area contributed by atoms with Crippen LogP contribution in [0.25, 0.3) is 0 Å². The first-order valence-corrected chi connectivity index (χ1v) is 11.8. The third-order valence-corrected chi connectivity index (χ3v) is 7.03. The van der Waals surface area contributed by atoms with Gasteiger partial charge in [-0.2, -0.15) is 4.31 Å². The van der Waals surface area contributed by atoms with Crippen LogP contribution in [0.4, 0.5) is 0 Å². The topological polar surface area (TPSA) is 92.8 Å². The van der Waals surface area contributed by atoms with Crippen LogP contribution in [0, 0.1) is 11.8 Å². The average molecular weight is 445 g/mol. The molecule has 8 heteroatoms. The molecule has 0 bridgehead atoms. The van der Waals surface area contributed by atoms with E-state index in [0.717, 1.165) is 12.0 Å². The van der Waals surface area contributed by atoms with Gasteiger partial charge in [0.2, 0.25) is 10.0 Å². The summed E-state index contributed by atoms with van der Waals surface area (Å²) in [7, 11) is -3.69. The Morgan fingerprint density at radius 2 is 1.71 bits per heavy atom. The van der Waals surface area contributed by atoms with E-state index in [1.165, 1.54) is 28.6 Å². The SMILES string of the molecule is CC1CC(C)CN(S(=O)(=O)c2cccc(C(=O)NCC(=O)OCc3ccccc3)c2)C1. The van der Waals surface area contributed by atoms with E-state index in [1.54, 1.807) is 0 Å². The number of benzene rings is 2. The second-order valence-electron chi connectivity index (χ2n) is 8.12. The van der Waals surface area contributed by atoms with Crippen LogP contribution in [-0.4, -0.2) is 44.2 Å². The Labute approximate surface area is 183 Å². The van der Waals surface area contributed by atoms with E-state index in [9.17, 15) is 18.0 Å². The van der Waals surface area contributed by atoms with Gasteiger partial charge in [-0.05, 0) is 42.0 Å². The molecule has 7 nitrogen and oxygen atoms in total. The van der Waals surface area contributed by atoms with E-state index in [4.69, 9.17) is 4.74 Å². The summed E-state index contributed by atoms with van der Waals surface area (Å²) >= 11 is 0. The van der Waals surface area contributed by atoms with E-state index >= 15 is 0 Å². The first-order chi connectivity index (χ1) is 14.8. The highest BCUT2D eigenvalue weighted by molar-refractivity contribution is 7.89. The van der Waals surface area contributed by atoms with Gasteiger partial charge in [-0.25, -0.2) is 8.42 Å². The van der Waals surface area contributed by atoms with Gasteiger partial charge in [-0.15, -0.1) is 0 Å². The number of hydrogen-bond donors (Lipinski definition) is 1. The maximum atomic E-state index is 13.1. The Bertz CT molecular complexity index is 1010. The number of sulfonamides is 1. The third kappa shape index (κ3) is 6.15. The molecule has 0 saturated carbocycles. The molecule has 1 heterocycles. The second-order valence-corrected chi connectivity index (χ2v) is 10.1. The third-order valence-electron chi connectivity index (χ3n) is 5.21. The molecule has 1 fully saturated rings. The molecule has 2 unspecified atom stereocenters. The first-order valence-electron chi connectivity index (χ1n) is 10.3. The summed E-state index contributed by atoms with van der Waals surface area (Å²) in [6.07, 6.45) is 0.995. The summed E-state index contributed by atoms with van der Waals surface area (Å²) in [5.41, 5.74) is 1.02. The van der Waals surface area contributed by atoms with Crippen LogP contribution in [-0.2, 0) is 26.2 Å². The number of piperidine rings is 1. The van der Waals surface area contributed by atoms with Crippen molar-refractivity contribution in [3.05, 3.63) is 65.7 Å². The van der Waals surface area contributed by atoms with Crippen LogP contribution in [0.1, 0.15) is 36.2 Å². The van der Waals surface area contributed by atoms with Gasteiger partial charge < -0.3 is 10.1 Å². The van der Waals surface area contributed by atoms with Gasteiger partial charge in [0.1, 0.15) is 13.2 Å². The molecule has 1 amide bonds. The number of ether oxygens (including phenoxy) is 1. The summed E-state index contributed by atoms with van der Waals surface area (Å²) in [5, 5.41) is 2.49. The number of nitrogens with zero attached hydrogens (tertiary/aromatic N) is 1.